The zero-order valence-electron chi connectivity index (χ0n) is 40.7. The van der Waals surface area contributed by atoms with Gasteiger partial charge in [-0.2, -0.15) is 0 Å². The van der Waals surface area contributed by atoms with E-state index in [2.05, 4.69) is 0 Å². The lowest BCUT2D eigenvalue weighted by Gasteiger charge is -2.42. The molecular weight excluding hydrogens is 835 g/mol. The van der Waals surface area contributed by atoms with Crippen LogP contribution in [0, 0.1) is 35.5 Å². The van der Waals surface area contributed by atoms with Crippen molar-refractivity contribution in [2.24, 2.45) is 35.5 Å². The molecule has 0 aromatic rings. The highest BCUT2D eigenvalue weighted by Gasteiger charge is 2.53. The van der Waals surface area contributed by atoms with Gasteiger partial charge in [-0.15, -0.1) is 0 Å². The number of esters is 1. The summed E-state index contributed by atoms with van der Waals surface area (Å²) < 4.78 is 29.5. The number of piperidine rings is 1. The quantitative estimate of drug-likeness (QED) is 0.138. The Bertz CT molecular complexity index is 1710. The maximum Gasteiger partial charge on any atom is 0.329 e. The Kier molecular flexibility index (Phi) is 21.3. The number of rotatable bonds is 6. The van der Waals surface area contributed by atoms with E-state index in [9.17, 15) is 39.6 Å². The lowest BCUT2D eigenvalue weighted by Crippen LogP contribution is -2.61. The van der Waals surface area contributed by atoms with Gasteiger partial charge in [0.15, 0.2) is 0 Å². The minimum Gasteiger partial charge on any atom is -0.460 e. The number of amides is 1. The second-order valence-corrected chi connectivity index (χ2v) is 19.8. The number of cyclic esters (lactones) is 1. The Morgan fingerprint density at radius 2 is 1.57 bits per heavy atom. The molecule has 3 heterocycles. The predicted molar refractivity (Wildman–Crippen MR) is 246 cm³/mol. The summed E-state index contributed by atoms with van der Waals surface area (Å²) in [6.45, 7) is 13.0. The van der Waals surface area contributed by atoms with Crippen LogP contribution in [0.15, 0.2) is 47.6 Å². The van der Waals surface area contributed by atoms with Gasteiger partial charge >= 0.3 is 5.97 Å². The Morgan fingerprint density at radius 1 is 0.846 bits per heavy atom. The summed E-state index contributed by atoms with van der Waals surface area (Å²) in [6.07, 6.45) is 10.9. The van der Waals surface area contributed by atoms with Gasteiger partial charge in [-0.1, -0.05) is 71.1 Å². The first-order valence-corrected chi connectivity index (χ1v) is 24.1. The molecule has 1 saturated carbocycles. The Morgan fingerprint density at radius 3 is 2.25 bits per heavy atom. The standard InChI is InChI=1S/C51H81NO13/c1-30-16-12-11-13-17-31(2)42(61-8)28-38-21-19-36(7)51(60,65-38)48(57)49(58)52-23-15-14-18-39(52)50(59)64-43(33(4)26-37-20-22-40(53)44(27-37)62-9)29-41(54)32(3)25-35(6)46(56)47(63-10)45(55)34(5)24-30/h11-13,16-17,25,30,32-34,36-40,42-47,53,55-56,60H,14-15,18-24,26-29H2,1-10H3/b13-11+,16-12+,31-17+,35-25+/t30-,32-,33-,34-,36-,37+,38+,39?,40-,42+,43+,44-,45?,46-,47+,51-/m1/s1. The van der Waals surface area contributed by atoms with Crippen LogP contribution in [0.2, 0.25) is 0 Å². The van der Waals surface area contributed by atoms with Crippen LogP contribution in [0.3, 0.4) is 0 Å². The molecule has 16 atom stereocenters. The highest BCUT2D eigenvalue weighted by Crippen LogP contribution is 2.38. The number of fused-ring (bicyclic) bond motifs is 3. The molecule has 3 fully saturated rings. The molecule has 2 saturated heterocycles. The molecule has 14 heteroatoms. The van der Waals surface area contributed by atoms with Gasteiger partial charge in [0.05, 0.1) is 30.5 Å². The van der Waals surface area contributed by atoms with Gasteiger partial charge in [-0.3, -0.25) is 14.4 Å². The van der Waals surface area contributed by atoms with Gasteiger partial charge in [0.2, 0.25) is 5.79 Å². The van der Waals surface area contributed by atoms with Crippen molar-refractivity contribution in [1.82, 2.24) is 4.90 Å². The highest BCUT2D eigenvalue weighted by molar-refractivity contribution is 6.39. The van der Waals surface area contributed by atoms with Gasteiger partial charge in [0, 0.05) is 52.6 Å². The second kappa shape index (κ2) is 25.3. The molecule has 2 bridgehead atoms. The highest BCUT2D eigenvalue weighted by atomic mass is 16.6. The molecule has 2 unspecified atom stereocenters. The normalized spacial score (nSPS) is 41.5. The third-order valence-electron chi connectivity index (χ3n) is 14.7. The molecule has 0 aromatic heterocycles. The van der Waals surface area contributed by atoms with E-state index < -0.39 is 84.1 Å². The van der Waals surface area contributed by atoms with E-state index in [0.29, 0.717) is 63.4 Å². The molecule has 1 aliphatic carbocycles. The number of carbonyl (C=O) groups excluding carboxylic acids is 4. The van der Waals surface area contributed by atoms with Crippen LogP contribution in [0.5, 0.6) is 0 Å². The summed E-state index contributed by atoms with van der Waals surface area (Å²) in [5.74, 6) is -7.35. The maximum atomic E-state index is 14.4. The summed E-state index contributed by atoms with van der Waals surface area (Å²) in [5.41, 5.74) is 1.34. The van der Waals surface area contributed by atoms with E-state index >= 15 is 0 Å². The second-order valence-electron chi connectivity index (χ2n) is 19.8. The smallest absolute Gasteiger partial charge is 0.329 e. The van der Waals surface area contributed by atoms with Gasteiger partial charge < -0.3 is 49.0 Å². The van der Waals surface area contributed by atoms with Crippen molar-refractivity contribution in [2.75, 3.05) is 27.9 Å². The summed E-state index contributed by atoms with van der Waals surface area (Å²) in [6, 6.07) is -1.13. The minimum atomic E-state index is -2.42. The molecule has 3 aliphatic heterocycles. The zero-order chi connectivity index (χ0) is 48.2. The Balaban J connectivity index is 1.70. The topological polar surface area (TPSA) is 199 Å². The van der Waals surface area contributed by atoms with Crippen LogP contribution in [-0.2, 0) is 42.9 Å². The van der Waals surface area contributed by atoms with E-state index in [1.54, 1.807) is 41.1 Å². The fourth-order valence-electron chi connectivity index (χ4n) is 10.3. The van der Waals surface area contributed by atoms with Crippen molar-refractivity contribution in [3.63, 3.8) is 0 Å². The van der Waals surface area contributed by atoms with Crippen LogP contribution in [0.25, 0.3) is 0 Å². The van der Waals surface area contributed by atoms with Gasteiger partial charge in [0.1, 0.15) is 30.1 Å². The molecule has 14 nitrogen and oxygen atoms in total. The lowest BCUT2D eigenvalue weighted by molar-refractivity contribution is -0.265. The van der Waals surface area contributed by atoms with E-state index in [0.717, 1.165) is 12.0 Å². The number of ether oxygens (including phenoxy) is 5. The van der Waals surface area contributed by atoms with Gasteiger partial charge in [0.25, 0.3) is 11.7 Å². The average molecular weight is 916 g/mol. The molecule has 4 aliphatic rings. The van der Waals surface area contributed by atoms with Gasteiger partial charge in [-0.25, -0.2) is 4.79 Å². The third kappa shape index (κ3) is 14.5. The first kappa shape index (κ1) is 54.5. The number of hydrogen-bond acceptors (Lipinski definition) is 13. The van der Waals surface area contributed by atoms with Crippen LogP contribution >= 0.6 is 0 Å². The van der Waals surface area contributed by atoms with Crippen LogP contribution < -0.4 is 0 Å². The summed E-state index contributed by atoms with van der Waals surface area (Å²) in [5, 5.41) is 45.3. The molecule has 4 N–H and O–H groups in total. The Hall–Kier alpha value is -3.08. The molecular formula is C51H81NO13. The molecule has 65 heavy (non-hydrogen) atoms. The molecule has 0 aromatic carbocycles. The first-order chi connectivity index (χ1) is 30.7. The van der Waals surface area contributed by atoms with Crippen LogP contribution in [0.4, 0.5) is 0 Å². The predicted octanol–water partition coefficient (Wildman–Crippen LogP) is 5.97. The monoisotopic (exact) mass is 916 g/mol. The zero-order valence-corrected chi connectivity index (χ0v) is 40.7. The maximum absolute atomic E-state index is 14.4. The lowest BCUT2D eigenvalue weighted by atomic mass is 9.78. The molecule has 0 radical (unpaired) electrons. The van der Waals surface area contributed by atoms with E-state index in [4.69, 9.17) is 23.7 Å². The number of hydrogen-bond donors (Lipinski definition) is 4. The molecule has 1 amide bonds. The molecule has 0 spiro atoms. The van der Waals surface area contributed by atoms with Crippen LogP contribution in [-0.4, -0.2) is 137 Å². The van der Waals surface area contributed by atoms with Crippen molar-refractivity contribution in [1.29, 1.82) is 0 Å². The molecule has 368 valence electrons. The third-order valence-corrected chi connectivity index (χ3v) is 14.7. The van der Waals surface area contributed by atoms with Crippen molar-refractivity contribution in [3.8, 4) is 0 Å². The first-order valence-electron chi connectivity index (χ1n) is 24.1. The van der Waals surface area contributed by atoms with E-state index in [1.165, 1.54) is 12.0 Å². The Labute approximate surface area is 387 Å². The summed E-state index contributed by atoms with van der Waals surface area (Å²) in [4.78, 5) is 58.1. The van der Waals surface area contributed by atoms with E-state index in [-0.39, 0.29) is 54.9 Å². The van der Waals surface area contributed by atoms with Crippen molar-refractivity contribution < 1.29 is 63.3 Å². The van der Waals surface area contributed by atoms with Crippen LogP contribution in [0.1, 0.15) is 126 Å². The van der Waals surface area contributed by atoms with E-state index in [1.807, 2.05) is 58.1 Å². The fourth-order valence-corrected chi connectivity index (χ4v) is 10.3. The summed E-state index contributed by atoms with van der Waals surface area (Å²) >= 11 is 0. The number of nitrogens with zero attached hydrogens (tertiary/aromatic N) is 1. The molecule has 4 rings (SSSR count). The number of ketones is 2. The van der Waals surface area contributed by atoms with Gasteiger partial charge in [-0.05, 0) is 113 Å². The fraction of sp³-hybridized carbons (Fsp3) is 0.765. The number of Topliss-reactive ketones (excluding diaryl/α,β-unsaturated/α-hetero) is 2. The SMILES string of the molecule is CO[C@H]1C[C@@H]2CC[C@@H](C)[C@@](O)(O2)C(=O)C(=O)N2CCCCC2C(=O)O[C@H]([C@H](C)C[C@@H]2CC[C@@H](O)[C@H](OC)C2)CC(=O)[C@H](C)/C=C(\C)[C@@H](O)[C@@H](OC)C(O)[C@H](C)C[C@H](C)/C=C/C=C/C=C/1C. The van der Waals surface area contributed by atoms with Crippen molar-refractivity contribution in [3.05, 3.63) is 47.6 Å². The van der Waals surface area contributed by atoms with Crippen molar-refractivity contribution >= 4 is 23.4 Å². The van der Waals surface area contributed by atoms with Crippen molar-refractivity contribution in [2.45, 2.75) is 186 Å². The minimum absolute atomic E-state index is 0.0801. The summed E-state index contributed by atoms with van der Waals surface area (Å²) in [7, 11) is 4.59. The average Bonchev–Trinajstić information content (AvgIpc) is 3.28. The number of carbonyl (C=O) groups is 4. The number of methoxy groups -OCH3 is 3. The number of allylic oxidation sites excluding steroid dienone is 6. The number of aliphatic hydroxyl groups is 4. The number of aliphatic hydroxyl groups excluding tert-OH is 3. The largest absolute Gasteiger partial charge is 0.460 e.